The summed E-state index contributed by atoms with van der Waals surface area (Å²) in [7, 11) is -14.8. The van der Waals surface area contributed by atoms with Crippen molar-refractivity contribution in [1.82, 2.24) is 20.6 Å². The van der Waals surface area contributed by atoms with Crippen LogP contribution < -0.4 is 26.6 Å². The molecule has 1 aromatic rings. The summed E-state index contributed by atoms with van der Waals surface area (Å²) in [5.74, 6) is -1.11. The minimum atomic E-state index is -5.51. The Bertz CT molecular complexity index is 1410. The molecule has 2 aliphatic rings. The van der Waals surface area contributed by atoms with E-state index in [-0.39, 0.29) is 42.9 Å². The highest BCUT2D eigenvalue weighted by Crippen LogP contribution is 2.61. The summed E-state index contributed by atoms with van der Waals surface area (Å²) in [6, 6.07) is 0. The van der Waals surface area contributed by atoms with E-state index in [1.165, 1.54) is 25.8 Å². The van der Waals surface area contributed by atoms with Gasteiger partial charge in [-0.1, -0.05) is 13.8 Å². The summed E-state index contributed by atoms with van der Waals surface area (Å²) in [6.45, 7) is 0.410. The molecule has 3 heterocycles. The van der Waals surface area contributed by atoms with Gasteiger partial charge in [-0.25, -0.2) is 23.7 Å². The van der Waals surface area contributed by atoms with Crippen LogP contribution in [0, 0.1) is 5.41 Å². The minimum absolute atomic E-state index is 0.0518. The summed E-state index contributed by atoms with van der Waals surface area (Å²) in [6.07, 6.45) is -7.56. The predicted octanol–water partition coefficient (Wildman–Crippen LogP) is -2.30. The van der Waals surface area contributed by atoms with Crippen molar-refractivity contribution in [3.05, 3.63) is 6.33 Å². The lowest BCUT2D eigenvalue weighted by Crippen LogP contribution is -2.46. The number of nitrogen functional groups attached to an aromatic ring is 1. The van der Waals surface area contributed by atoms with Crippen LogP contribution in [0.4, 0.5) is 17.3 Å². The molecular formula is C20H36N7O16P3. The number of nitrogens with two attached hydrogens (primary N) is 1. The number of phosphoric ester groups is 3. The van der Waals surface area contributed by atoms with Gasteiger partial charge in [0.25, 0.3) is 0 Å². The van der Waals surface area contributed by atoms with Crippen molar-refractivity contribution in [3.8, 4) is 0 Å². The number of nitrogens with zero attached hydrogens (tertiary/aromatic N) is 3. The van der Waals surface area contributed by atoms with Crippen molar-refractivity contribution in [1.29, 1.82) is 0 Å². The van der Waals surface area contributed by atoms with Gasteiger partial charge in [-0.2, -0.15) is 4.31 Å². The Hall–Kier alpha value is -2.33. The Morgan fingerprint density at radius 2 is 1.85 bits per heavy atom. The Kier molecular flexibility index (Phi) is 12.3. The van der Waals surface area contributed by atoms with E-state index in [4.69, 9.17) is 19.5 Å². The van der Waals surface area contributed by atoms with Crippen molar-refractivity contribution >= 4 is 52.6 Å². The average Bonchev–Trinajstić information content (AvgIpc) is 3.50. The highest BCUT2D eigenvalue weighted by molar-refractivity contribution is 7.61. The van der Waals surface area contributed by atoms with Gasteiger partial charge in [-0.15, -0.1) is 0 Å². The van der Waals surface area contributed by atoms with Crippen LogP contribution in [-0.4, -0.2) is 116 Å². The molecule has 7 atom stereocenters. The number of nitrogens with one attached hydrogen (secondary N) is 3. The van der Waals surface area contributed by atoms with Crippen LogP contribution in [0.3, 0.4) is 0 Å². The lowest BCUT2D eigenvalue weighted by Gasteiger charge is -2.30. The highest BCUT2D eigenvalue weighted by Gasteiger charge is 2.52. The molecule has 0 aliphatic carbocycles. The molecule has 0 aromatic carbocycles. The topological polar surface area (TPSA) is 344 Å². The molecule has 1 aromatic heterocycles. The number of aromatic nitrogens is 2. The molecule has 23 nitrogen and oxygen atoms in total. The van der Waals surface area contributed by atoms with Crippen molar-refractivity contribution in [3.63, 3.8) is 0 Å². The fraction of sp³-hybridized carbons (Fsp3) is 0.700. The molecule has 3 rings (SSSR count). The van der Waals surface area contributed by atoms with Crippen molar-refractivity contribution in [2.24, 2.45) is 5.41 Å². The molecule has 1 fully saturated rings. The fourth-order valence-corrected chi connectivity index (χ4v) is 7.00. The third-order valence-corrected chi connectivity index (χ3v) is 9.66. The number of phosphoric acid groups is 3. The number of anilines is 3. The predicted molar refractivity (Wildman–Crippen MR) is 153 cm³/mol. The molecule has 2 unspecified atom stereocenters. The number of amides is 2. The number of hydrogen-bond acceptors (Lipinski definition) is 17. The molecule has 0 radical (unpaired) electrons. The second-order valence-corrected chi connectivity index (χ2v) is 14.8. The number of carbonyl (C=O) groups is 2. The Labute approximate surface area is 261 Å². The number of aliphatic hydroxyl groups is 2. The fourth-order valence-electron chi connectivity index (χ4n) is 4.17. The first-order valence-corrected chi connectivity index (χ1v) is 17.7. The maximum atomic E-state index is 12.6. The summed E-state index contributed by atoms with van der Waals surface area (Å²) in [5.41, 5.74) is 4.51. The molecule has 0 saturated carbocycles. The Balaban J connectivity index is 1.62. The van der Waals surface area contributed by atoms with E-state index < -0.39 is 78.6 Å². The smallest absolute Gasteiger partial charge is 0.386 e. The molecular weight excluding hydrogens is 687 g/mol. The van der Waals surface area contributed by atoms with Gasteiger partial charge in [0.2, 0.25) is 11.8 Å². The van der Waals surface area contributed by atoms with Gasteiger partial charge in [0.05, 0.1) is 19.9 Å². The minimum Gasteiger partial charge on any atom is -0.386 e. The number of hydrogen-bond donors (Lipinski definition) is 10. The van der Waals surface area contributed by atoms with Crippen LogP contribution in [0.2, 0.25) is 0 Å². The number of aliphatic hydroxyl groups excluding tert-OH is 2. The number of fused-ring (bicyclic) bond motifs is 1. The summed E-state index contributed by atoms with van der Waals surface area (Å²) in [5, 5.41) is 28.7. The van der Waals surface area contributed by atoms with Gasteiger partial charge in [0.15, 0.2) is 17.9 Å². The molecule has 46 heavy (non-hydrogen) atoms. The summed E-state index contributed by atoms with van der Waals surface area (Å²) in [4.78, 5) is 71.5. The monoisotopic (exact) mass is 723 g/mol. The number of rotatable bonds is 16. The normalized spacial score (nSPS) is 24.8. The first-order valence-electron chi connectivity index (χ1n) is 13.2. The summed E-state index contributed by atoms with van der Waals surface area (Å²) < 4.78 is 60.6. The van der Waals surface area contributed by atoms with Gasteiger partial charge in [-0.3, -0.25) is 23.2 Å². The average molecular weight is 723 g/mol. The standard InChI is InChI=1S/C20H36N7O16P3/c1-20(2,15(30)18(31)23-5-4-11(28)22-3)7-40-46(37,38)43-45(35,36)39-6-10-14(42-44(32,33)34)13(29)19(41-10)27-9-26-12-16(21)24-8-25-17(12)27/h8,10,13-15,19,26,29-30H,4-7,9H2,1-3H3,(H,22,28)(H,23,31)(H,35,36)(H,37,38)(H2,21,24,25)(H2,32,33,34)/t10-,13-,14-,15+,19-/m1/s1. The molecule has 1 saturated heterocycles. The van der Waals surface area contributed by atoms with Crippen LogP contribution in [0.5, 0.6) is 0 Å². The molecule has 262 valence electrons. The maximum Gasteiger partial charge on any atom is 0.481 e. The molecule has 2 aliphatic heterocycles. The van der Waals surface area contributed by atoms with Crippen LogP contribution in [0.15, 0.2) is 6.33 Å². The van der Waals surface area contributed by atoms with E-state index in [9.17, 15) is 53.1 Å². The molecule has 26 heteroatoms. The quantitative estimate of drug-likeness (QED) is 0.0802. The number of ether oxygens (including phenoxy) is 1. The molecule has 11 N–H and O–H groups in total. The summed E-state index contributed by atoms with van der Waals surface area (Å²) >= 11 is 0. The molecule has 0 spiro atoms. The molecule has 0 bridgehead atoms. The first kappa shape index (κ1) is 38.1. The second-order valence-electron chi connectivity index (χ2n) is 10.6. The zero-order valence-electron chi connectivity index (χ0n) is 24.5. The zero-order chi connectivity index (χ0) is 34.7. The van der Waals surface area contributed by atoms with E-state index in [1.54, 1.807) is 0 Å². The van der Waals surface area contributed by atoms with Crippen molar-refractivity contribution in [2.45, 2.75) is 50.9 Å². The lowest BCUT2D eigenvalue weighted by atomic mass is 9.87. The van der Waals surface area contributed by atoms with Gasteiger partial charge < -0.3 is 61.1 Å². The van der Waals surface area contributed by atoms with Gasteiger partial charge in [0.1, 0.15) is 36.4 Å². The third-order valence-electron chi connectivity index (χ3n) is 6.56. The van der Waals surface area contributed by atoms with Gasteiger partial charge in [0, 0.05) is 25.4 Å². The van der Waals surface area contributed by atoms with E-state index in [2.05, 4.69) is 34.8 Å². The first-order chi connectivity index (χ1) is 21.2. The third kappa shape index (κ3) is 10.1. The van der Waals surface area contributed by atoms with Crippen molar-refractivity contribution < 1.29 is 75.7 Å². The highest BCUT2D eigenvalue weighted by atomic mass is 31.3. The van der Waals surface area contributed by atoms with E-state index in [0.717, 1.165) is 6.33 Å². The van der Waals surface area contributed by atoms with Crippen molar-refractivity contribution in [2.75, 3.05) is 49.4 Å². The Morgan fingerprint density at radius 1 is 1.20 bits per heavy atom. The molecule has 2 amide bonds. The lowest BCUT2D eigenvalue weighted by molar-refractivity contribution is -0.137. The van der Waals surface area contributed by atoms with Crippen LogP contribution >= 0.6 is 23.5 Å². The second kappa shape index (κ2) is 14.8. The SMILES string of the molecule is CNC(=O)CCNC(=O)[C@H](O)C(C)(C)COP(=O)(O)OP(=O)(O)OC[C@H]1O[C@@H](N2CNc3c(N)ncnc32)[C@H](O)[C@@H]1OP(=O)(O)O. The van der Waals surface area contributed by atoms with Crippen LogP contribution in [-0.2, 0) is 45.9 Å². The van der Waals surface area contributed by atoms with Crippen LogP contribution in [0.25, 0.3) is 0 Å². The van der Waals surface area contributed by atoms with Gasteiger partial charge in [-0.05, 0) is 0 Å². The van der Waals surface area contributed by atoms with Gasteiger partial charge >= 0.3 is 23.5 Å². The van der Waals surface area contributed by atoms with E-state index in [1.807, 2.05) is 0 Å². The maximum absolute atomic E-state index is 12.6. The largest absolute Gasteiger partial charge is 0.481 e. The number of carbonyl (C=O) groups excluding carboxylic acids is 2. The Morgan fingerprint density at radius 3 is 2.48 bits per heavy atom. The van der Waals surface area contributed by atoms with E-state index >= 15 is 0 Å². The zero-order valence-corrected chi connectivity index (χ0v) is 27.2. The van der Waals surface area contributed by atoms with E-state index in [0.29, 0.717) is 0 Å². The van der Waals surface area contributed by atoms with Crippen LogP contribution in [0.1, 0.15) is 20.3 Å².